The van der Waals surface area contributed by atoms with Gasteiger partial charge in [0, 0.05) is 19.6 Å². The molecule has 1 N–H and O–H groups in total. The number of hydrogen-bond acceptors (Lipinski definition) is 5. The van der Waals surface area contributed by atoms with Crippen LogP contribution in [0.4, 0.5) is 0 Å². The normalized spacial score (nSPS) is 22.5. The van der Waals surface area contributed by atoms with Gasteiger partial charge >= 0.3 is 5.97 Å². The molecule has 2 saturated heterocycles. The Balaban J connectivity index is 1.77. The van der Waals surface area contributed by atoms with E-state index in [4.69, 9.17) is 9.52 Å². The predicted molar refractivity (Wildman–Crippen MR) is 92.1 cm³/mol. The van der Waals surface area contributed by atoms with Crippen LogP contribution < -0.4 is 0 Å². The molecule has 1 unspecified atom stereocenters. The molecule has 0 saturated carbocycles. The third kappa shape index (κ3) is 3.41. The second kappa shape index (κ2) is 7.24. The van der Waals surface area contributed by atoms with Crippen molar-refractivity contribution in [3.8, 4) is 0 Å². The largest absolute Gasteiger partial charge is 0.475 e. The van der Waals surface area contributed by atoms with E-state index in [1.807, 2.05) is 6.08 Å². The van der Waals surface area contributed by atoms with E-state index in [9.17, 15) is 18.0 Å². The van der Waals surface area contributed by atoms with Crippen LogP contribution in [0, 0.1) is 5.92 Å². The summed E-state index contributed by atoms with van der Waals surface area (Å²) in [7, 11) is -4.06. The molecule has 2 aliphatic heterocycles. The van der Waals surface area contributed by atoms with Crippen LogP contribution in [0.2, 0.25) is 0 Å². The van der Waals surface area contributed by atoms with Gasteiger partial charge in [0.05, 0.1) is 0 Å². The molecule has 3 heterocycles. The maximum atomic E-state index is 12.9. The number of furan rings is 1. The summed E-state index contributed by atoms with van der Waals surface area (Å²) >= 11 is 0. The molecule has 142 valence electrons. The zero-order valence-corrected chi connectivity index (χ0v) is 15.2. The summed E-state index contributed by atoms with van der Waals surface area (Å²) in [5.74, 6) is -1.60. The minimum absolute atomic E-state index is 0.196. The molecule has 26 heavy (non-hydrogen) atoms. The Morgan fingerprint density at radius 3 is 2.46 bits per heavy atom. The van der Waals surface area contributed by atoms with E-state index in [0.29, 0.717) is 31.8 Å². The lowest BCUT2D eigenvalue weighted by molar-refractivity contribution is -0.135. The van der Waals surface area contributed by atoms with E-state index in [0.717, 1.165) is 29.3 Å². The Bertz CT molecular complexity index is 807. The number of amides is 1. The summed E-state index contributed by atoms with van der Waals surface area (Å²) in [4.78, 5) is 25.5. The molecule has 9 heteroatoms. The zero-order valence-electron chi connectivity index (χ0n) is 14.3. The van der Waals surface area contributed by atoms with E-state index in [-0.39, 0.29) is 12.5 Å². The highest BCUT2D eigenvalue weighted by molar-refractivity contribution is 7.89. The molecule has 8 nitrogen and oxygen atoms in total. The molecule has 0 aliphatic carbocycles. The van der Waals surface area contributed by atoms with E-state index in [2.05, 4.69) is 6.58 Å². The molecule has 1 amide bonds. The quantitative estimate of drug-likeness (QED) is 0.774. The highest BCUT2D eigenvalue weighted by Gasteiger charge is 2.43. The second-order valence-electron chi connectivity index (χ2n) is 6.60. The highest BCUT2D eigenvalue weighted by atomic mass is 32.2. The number of sulfonamides is 1. The molecule has 3 rings (SSSR count). The predicted octanol–water partition coefficient (Wildman–Crippen LogP) is 1.56. The third-order valence-corrected chi connectivity index (χ3v) is 6.81. The average molecular weight is 382 g/mol. The lowest BCUT2D eigenvalue weighted by Gasteiger charge is -2.34. The number of carbonyl (C=O) groups excluding carboxylic acids is 1. The van der Waals surface area contributed by atoms with Crippen LogP contribution in [0.25, 0.3) is 0 Å². The van der Waals surface area contributed by atoms with Gasteiger partial charge in [0.2, 0.25) is 16.8 Å². The topological polar surface area (TPSA) is 108 Å². The number of hydrogen-bond donors (Lipinski definition) is 1. The number of carboxylic acids is 1. The smallest absolute Gasteiger partial charge is 0.371 e. The Morgan fingerprint density at radius 1 is 1.19 bits per heavy atom. The molecule has 0 bridgehead atoms. The summed E-state index contributed by atoms with van der Waals surface area (Å²) in [5.41, 5.74) is 0. The van der Waals surface area contributed by atoms with Gasteiger partial charge < -0.3 is 14.4 Å². The van der Waals surface area contributed by atoms with Crippen LogP contribution in [-0.2, 0) is 14.8 Å². The fraction of sp³-hybridized carbons (Fsp3) is 0.529. The van der Waals surface area contributed by atoms with Crippen molar-refractivity contribution in [1.29, 1.82) is 0 Å². The van der Waals surface area contributed by atoms with Crippen LogP contribution in [0.15, 0.2) is 34.3 Å². The van der Waals surface area contributed by atoms with Crippen LogP contribution in [0.3, 0.4) is 0 Å². The van der Waals surface area contributed by atoms with Crippen molar-refractivity contribution in [2.45, 2.75) is 36.8 Å². The fourth-order valence-corrected chi connectivity index (χ4v) is 5.10. The molecular weight excluding hydrogens is 360 g/mol. The molecule has 0 radical (unpaired) electrons. The van der Waals surface area contributed by atoms with E-state index in [1.54, 1.807) is 4.90 Å². The van der Waals surface area contributed by atoms with E-state index < -0.39 is 32.9 Å². The SMILES string of the molecule is C=CC1CCN(C(=O)C2CCCN2S(=O)(=O)c2ccc(C(=O)O)o2)CC1. The summed E-state index contributed by atoms with van der Waals surface area (Å²) in [5, 5.41) is 8.47. The van der Waals surface area contributed by atoms with E-state index in [1.165, 1.54) is 0 Å². The molecule has 0 aromatic carbocycles. The first-order valence-corrected chi connectivity index (χ1v) is 10.0. The first kappa shape index (κ1) is 18.7. The molecule has 1 aromatic heterocycles. The van der Waals surface area contributed by atoms with Gasteiger partial charge in [0.25, 0.3) is 10.0 Å². The number of rotatable bonds is 5. The second-order valence-corrected chi connectivity index (χ2v) is 8.42. The van der Waals surface area contributed by atoms with Crippen molar-refractivity contribution in [1.82, 2.24) is 9.21 Å². The van der Waals surface area contributed by atoms with Crippen LogP contribution in [0.1, 0.15) is 36.2 Å². The van der Waals surface area contributed by atoms with Crippen molar-refractivity contribution < 1.29 is 27.5 Å². The molecule has 2 aliphatic rings. The number of nitrogens with zero attached hydrogens (tertiary/aromatic N) is 2. The monoisotopic (exact) mass is 382 g/mol. The number of carboxylic acid groups (broad SMARTS) is 1. The van der Waals surface area contributed by atoms with Gasteiger partial charge in [-0.3, -0.25) is 4.79 Å². The van der Waals surface area contributed by atoms with Crippen LogP contribution >= 0.6 is 0 Å². The van der Waals surface area contributed by atoms with E-state index >= 15 is 0 Å². The van der Waals surface area contributed by atoms with Gasteiger partial charge in [-0.1, -0.05) is 6.08 Å². The summed E-state index contributed by atoms with van der Waals surface area (Å²) in [6.45, 7) is 5.17. The number of piperidine rings is 1. The van der Waals surface area contributed by atoms with Crippen molar-refractivity contribution >= 4 is 21.9 Å². The first-order valence-electron chi connectivity index (χ1n) is 8.61. The molecule has 2 fully saturated rings. The standard InChI is InChI=1S/C17H22N2O6S/c1-2-12-7-10-18(11-8-12)16(20)13-4-3-9-19(13)26(23,24)15-6-5-14(25-15)17(21)22/h2,5-6,12-13H,1,3-4,7-11H2,(H,21,22). The van der Waals surface area contributed by atoms with Crippen LogP contribution in [0.5, 0.6) is 0 Å². The highest BCUT2D eigenvalue weighted by Crippen LogP contribution is 2.29. The van der Waals surface area contributed by atoms with Gasteiger partial charge in [-0.25, -0.2) is 13.2 Å². The minimum atomic E-state index is -4.06. The van der Waals surface area contributed by atoms with Crippen molar-refractivity contribution in [3.05, 3.63) is 30.5 Å². The lowest BCUT2D eigenvalue weighted by Crippen LogP contribution is -2.49. The molecule has 1 aromatic rings. The maximum Gasteiger partial charge on any atom is 0.371 e. The lowest BCUT2D eigenvalue weighted by atomic mass is 9.96. The Labute approximate surface area is 152 Å². The van der Waals surface area contributed by atoms with Crippen molar-refractivity contribution in [2.75, 3.05) is 19.6 Å². The molecule has 1 atom stereocenters. The number of allylic oxidation sites excluding steroid dienone is 1. The van der Waals surface area contributed by atoms with Gasteiger partial charge in [-0.05, 0) is 43.7 Å². The van der Waals surface area contributed by atoms with Crippen molar-refractivity contribution in [3.63, 3.8) is 0 Å². The average Bonchev–Trinajstić information content (AvgIpc) is 3.31. The molecule has 0 spiro atoms. The zero-order chi connectivity index (χ0) is 18.9. The Kier molecular flexibility index (Phi) is 5.19. The van der Waals surface area contributed by atoms with Gasteiger partial charge in [-0.2, -0.15) is 4.31 Å². The first-order chi connectivity index (χ1) is 12.3. The summed E-state index contributed by atoms with van der Waals surface area (Å²) in [6, 6.07) is 1.45. The Hall–Kier alpha value is -2.13. The fourth-order valence-electron chi connectivity index (χ4n) is 3.53. The van der Waals surface area contributed by atoms with Gasteiger partial charge in [0.15, 0.2) is 0 Å². The third-order valence-electron chi connectivity index (χ3n) is 5.03. The Morgan fingerprint density at radius 2 is 1.88 bits per heavy atom. The van der Waals surface area contributed by atoms with Gasteiger partial charge in [-0.15, -0.1) is 6.58 Å². The maximum absolute atomic E-state index is 12.9. The summed E-state index contributed by atoms with van der Waals surface area (Å²) in [6.07, 6.45) is 4.58. The minimum Gasteiger partial charge on any atom is -0.475 e. The number of carbonyl (C=O) groups is 2. The number of likely N-dealkylation sites (tertiary alicyclic amines) is 1. The van der Waals surface area contributed by atoms with Crippen molar-refractivity contribution in [2.24, 2.45) is 5.92 Å². The summed E-state index contributed by atoms with van der Waals surface area (Å²) < 4.78 is 31.7. The van der Waals surface area contributed by atoms with Gasteiger partial charge in [0.1, 0.15) is 6.04 Å². The van der Waals surface area contributed by atoms with Crippen LogP contribution in [-0.4, -0.2) is 60.3 Å². The molecular formula is C17H22N2O6S. The number of aromatic carboxylic acids is 1.